The second kappa shape index (κ2) is 4.09. The van der Waals surface area contributed by atoms with Crippen LogP contribution >= 0.6 is 11.3 Å². The van der Waals surface area contributed by atoms with E-state index in [1.165, 1.54) is 19.3 Å². The molecule has 0 amide bonds. The van der Waals surface area contributed by atoms with Gasteiger partial charge < -0.3 is 11.1 Å². The van der Waals surface area contributed by atoms with Gasteiger partial charge in [-0.3, -0.25) is 0 Å². The molecule has 0 aliphatic heterocycles. The molecular formula is C13H18N4S. The molecular weight excluding hydrogens is 244 g/mol. The van der Waals surface area contributed by atoms with Crippen LogP contribution in [0.2, 0.25) is 0 Å². The zero-order valence-electron chi connectivity index (χ0n) is 10.7. The van der Waals surface area contributed by atoms with Gasteiger partial charge in [0.15, 0.2) is 0 Å². The Labute approximate surface area is 111 Å². The first-order valence-electron chi connectivity index (χ1n) is 6.33. The fourth-order valence-corrected chi connectivity index (χ4v) is 3.51. The number of nitrogen functional groups attached to an aromatic ring is 1. The molecule has 0 aromatic carbocycles. The quantitative estimate of drug-likeness (QED) is 0.872. The normalized spacial score (nSPS) is 22.4. The molecule has 0 saturated heterocycles. The summed E-state index contributed by atoms with van der Waals surface area (Å²) in [4.78, 5) is 9.58. The van der Waals surface area contributed by atoms with Crippen molar-refractivity contribution in [1.82, 2.24) is 9.97 Å². The van der Waals surface area contributed by atoms with Crippen LogP contribution in [0.5, 0.6) is 0 Å². The van der Waals surface area contributed by atoms with E-state index in [1.807, 2.05) is 5.38 Å². The Hall–Kier alpha value is -1.36. The third-order valence-corrected chi connectivity index (χ3v) is 4.72. The van der Waals surface area contributed by atoms with Crippen LogP contribution in [0.1, 0.15) is 33.1 Å². The SMILES string of the molecule is CC1(C)CCCC1Nc1nc(N)nc2sccc12. The highest BCUT2D eigenvalue weighted by molar-refractivity contribution is 7.16. The van der Waals surface area contributed by atoms with Gasteiger partial charge in [-0.25, -0.2) is 4.98 Å². The Morgan fingerprint density at radius 3 is 3.00 bits per heavy atom. The Balaban J connectivity index is 1.97. The number of fused-ring (bicyclic) bond motifs is 1. The maximum absolute atomic E-state index is 5.77. The van der Waals surface area contributed by atoms with Crippen molar-refractivity contribution in [3.63, 3.8) is 0 Å². The van der Waals surface area contributed by atoms with Gasteiger partial charge in [-0.1, -0.05) is 20.3 Å². The van der Waals surface area contributed by atoms with Crippen molar-refractivity contribution in [2.24, 2.45) is 5.41 Å². The van der Waals surface area contributed by atoms with Crippen molar-refractivity contribution >= 4 is 33.3 Å². The fourth-order valence-electron chi connectivity index (χ4n) is 2.74. The second-order valence-electron chi connectivity index (χ2n) is 5.65. The van der Waals surface area contributed by atoms with Gasteiger partial charge in [0.2, 0.25) is 5.95 Å². The molecule has 1 aliphatic carbocycles. The minimum Gasteiger partial charge on any atom is -0.368 e. The standard InChI is InChI=1S/C13H18N4S/c1-13(2)6-3-4-9(13)15-10-8-5-7-18-11(8)17-12(14)16-10/h5,7,9H,3-4,6H2,1-2H3,(H3,14,15,16,17). The van der Waals surface area contributed by atoms with E-state index in [1.54, 1.807) is 11.3 Å². The van der Waals surface area contributed by atoms with Crippen LogP contribution in [-0.4, -0.2) is 16.0 Å². The third-order valence-electron chi connectivity index (χ3n) is 3.91. The van der Waals surface area contributed by atoms with Gasteiger partial charge in [0.05, 0.1) is 5.39 Å². The molecule has 18 heavy (non-hydrogen) atoms. The number of nitrogens with one attached hydrogen (secondary N) is 1. The lowest BCUT2D eigenvalue weighted by molar-refractivity contribution is 0.349. The van der Waals surface area contributed by atoms with E-state index in [4.69, 9.17) is 5.73 Å². The smallest absolute Gasteiger partial charge is 0.223 e. The van der Waals surface area contributed by atoms with E-state index in [2.05, 4.69) is 35.2 Å². The zero-order valence-corrected chi connectivity index (χ0v) is 11.5. The summed E-state index contributed by atoms with van der Waals surface area (Å²) in [5.74, 6) is 1.24. The van der Waals surface area contributed by atoms with E-state index >= 15 is 0 Å². The number of hydrogen-bond donors (Lipinski definition) is 2. The molecule has 2 heterocycles. The summed E-state index contributed by atoms with van der Waals surface area (Å²) in [5.41, 5.74) is 6.09. The Morgan fingerprint density at radius 2 is 2.28 bits per heavy atom. The molecule has 4 nitrogen and oxygen atoms in total. The van der Waals surface area contributed by atoms with E-state index < -0.39 is 0 Å². The number of hydrogen-bond acceptors (Lipinski definition) is 5. The zero-order chi connectivity index (χ0) is 12.8. The van der Waals surface area contributed by atoms with Crippen LogP contribution in [0, 0.1) is 5.41 Å². The minimum absolute atomic E-state index is 0.321. The van der Waals surface area contributed by atoms with Crippen LogP contribution in [0.3, 0.4) is 0 Å². The fraction of sp³-hybridized carbons (Fsp3) is 0.538. The lowest BCUT2D eigenvalue weighted by Gasteiger charge is -2.28. The number of anilines is 2. The van der Waals surface area contributed by atoms with Crippen molar-refractivity contribution in [3.8, 4) is 0 Å². The molecule has 1 aliphatic rings. The predicted octanol–water partition coefficient (Wildman–Crippen LogP) is 3.26. The highest BCUT2D eigenvalue weighted by Crippen LogP contribution is 2.39. The Kier molecular flexibility index (Phi) is 2.66. The van der Waals surface area contributed by atoms with Gasteiger partial charge in [-0.15, -0.1) is 11.3 Å². The minimum atomic E-state index is 0.321. The highest BCUT2D eigenvalue weighted by atomic mass is 32.1. The first kappa shape index (κ1) is 11.7. The van der Waals surface area contributed by atoms with Crippen LogP contribution in [0.4, 0.5) is 11.8 Å². The molecule has 1 saturated carbocycles. The highest BCUT2D eigenvalue weighted by Gasteiger charge is 2.34. The average molecular weight is 262 g/mol. The van der Waals surface area contributed by atoms with Gasteiger partial charge in [0.1, 0.15) is 10.6 Å². The molecule has 5 heteroatoms. The molecule has 1 atom stereocenters. The predicted molar refractivity (Wildman–Crippen MR) is 76.9 cm³/mol. The molecule has 2 aromatic heterocycles. The summed E-state index contributed by atoms with van der Waals surface area (Å²) < 4.78 is 0. The molecule has 0 bridgehead atoms. The molecule has 3 N–H and O–H groups in total. The topological polar surface area (TPSA) is 63.8 Å². The lowest BCUT2D eigenvalue weighted by Crippen LogP contribution is -2.31. The van der Waals surface area contributed by atoms with Gasteiger partial charge in [0, 0.05) is 6.04 Å². The van der Waals surface area contributed by atoms with Gasteiger partial charge >= 0.3 is 0 Å². The van der Waals surface area contributed by atoms with Crippen LogP contribution in [0.25, 0.3) is 10.2 Å². The summed E-state index contributed by atoms with van der Waals surface area (Å²) in [6.45, 7) is 4.63. The third kappa shape index (κ3) is 1.92. The Morgan fingerprint density at radius 1 is 1.44 bits per heavy atom. The molecule has 1 fully saturated rings. The first-order valence-corrected chi connectivity index (χ1v) is 7.21. The van der Waals surface area contributed by atoms with E-state index in [9.17, 15) is 0 Å². The van der Waals surface area contributed by atoms with Crippen molar-refractivity contribution in [3.05, 3.63) is 11.4 Å². The van der Waals surface area contributed by atoms with Crippen molar-refractivity contribution in [1.29, 1.82) is 0 Å². The average Bonchev–Trinajstić information content (AvgIpc) is 2.86. The summed E-state index contributed by atoms with van der Waals surface area (Å²) in [6, 6.07) is 2.53. The Bertz CT molecular complexity index is 575. The number of rotatable bonds is 2. The maximum Gasteiger partial charge on any atom is 0.223 e. The molecule has 0 spiro atoms. The second-order valence-corrected chi connectivity index (χ2v) is 6.54. The van der Waals surface area contributed by atoms with E-state index in [-0.39, 0.29) is 0 Å². The van der Waals surface area contributed by atoms with Crippen molar-refractivity contribution < 1.29 is 0 Å². The monoisotopic (exact) mass is 262 g/mol. The van der Waals surface area contributed by atoms with Gasteiger partial charge in [0.25, 0.3) is 0 Å². The van der Waals surface area contributed by atoms with Crippen LogP contribution < -0.4 is 11.1 Å². The van der Waals surface area contributed by atoms with Crippen LogP contribution in [-0.2, 0) is 0 Å². The largest absolute Gasteiger partial charge is 0.368 e. The van der Waals surface area contributed by atoms with Crippen LogP contribution in [0.15, 0.2) is 11.4 Å². The summed E-state index contributed by atoms with van der Waals surface area (Å²) in [6.07, 6.45) is 3.73. The summed E-state index contributed by atoms with van der Waals surface area (Å²) in [7, 11) is 0. The van der Waals surface area contributed by atoms with E-state index in [0.717, 1.165) is 16.0 Å². The van der Waals surface area contributed by atoms with Gasteiger partial charge in [-0.2, -0.15) is 4.98 Å². The number of thiophene rings is 1. The first-order chi connectivity index (χ1) is 8.56. The molecule has 2 aromatic rings. The maximum atomic E-state index is 5.77. The number of nitrogens with zero attached hydrogens (tertiary/aromatic N) is 2. The number of nitrogens with two attached hydrogens (primary N) is 1. The molecule has 0 radical (unpaired) electrons. The van der Waals surface area contributed by atoms with Crippen molar-refractivity contribution in [2.45, 2.75) is 39.2 Å². The summed E-state index contributed by atoms with van der Waals surface area (Å²) in [5, 5.41) is 6.69. The molecule has 1 unspecified atom stereocenters. The number of aromatic nitrogens is 2. The lowest BCUT2D eigenvalue weighted by atomic mass is 9.87. The molecule has 3 rings (SSSR count). The van der Waals surface area contributed by atoms with Gasteiger partial charge in [-0.05, 0) is 29.7 Å². The van der Waals surface area contributed by atoms with Crippen molar-refractivity contribution in [2.75, 3.05) is 11.1 Å². The summed E-state index contributed by atoms with van der Waals surface area (Å²) >= 11 is 1.60. The van der Waals surface area contributed by atoms with E-state index in [0.29, 0.717) is 17.4 Å². The molecule has 96 valence electrons.